The average molecular weight is 256 g/mol. The number of Topliss-reactive ketones (excluding diaryl/α,β-unsaturated/α-hetero) is 1. The molecule has 1 nitrogen and oxygen atoms in total. The fourth-order valence-corrected chi connectivity index (χ4v) is 3.86. The van der Waals surface area contributed by atoms with E-state index in [4.69, 9.17) is 0 Å². The molecule has 0 aromatic rings. The van der Waals surface area contributed by atoms with Crippen LogP contribution in [-0.4, -0.2) is 14.4 Å². The normalized spacial score (nSPS) is 50.9. The van der Waals surface area contributed by atoms with Gasteiger partial charge < -0.3 is 0 Å². The van der Waals surface area contributed by atoms with Crippen LogP contribution >= 0.6 is 31.9 Å². The summed E-state index contributed by atoms with van der Waals surface area (Å²) in [5, 5.41) is 0. The Morgan fingerprint density at radius 2 is 1.67 bits per heavy atom. The number of ketones is 1. The summed E-state index contributed by atoms with van der Waals surface area (Å²) in [5.41, 5.74) is 0. The molecule has 0 unspecified atom stereocenters. The Morgan fingerprint density at radius 3 is 1.67 bits per heavy atom. The molecule has 0 radical (unpaired) electrons. The number of hydrogen-bond acceptors (Lipinski definition) is 1. The van der Waals surface area contributed by atoms with Gasteiger partial charge in [0.05, 0.1) is 8.65 Å². The van der Waals surface area contributed by atoms with Crippen LogP contribution in [-0.2, 0) is 4.79 Å². The van der Waals surface area contributed by atoms with Crippen LogP contribution in [0.2, 0.25) is 0 Å². The van der Waals surface area contributed by atoms with Crippen molar-refractivity contribution in [2.75, 3.05) is 0 Å². The van der Waals surface area contributed by atoms with E-state index in [-0.39, 0.29) is 14.4 Å². The summed E-state index contributed by atoms with van der Waals surface area (Å²) in [6, 6.07) is 0. The monoisotopic (exact) mass is 254 g/mol. The molecule has 2 atom stereocenters. The van der Waals surface area contributed by atoms with E-state index in [1.54, 1.807) is 0 Å². The Morgan fingerprint density at radius 1 is 1.33 bits per heavy atom. The zero-order valence-electron chi connectivity index (χ0n) is 5.37. The molecule has 0 aromatic heterocycles. The molecule has 0 amide bonds. The zero-order chi connectivity index (χ0) is 7.28. The Balaban J connectivity index is 2.74. The van der Waals surface area contributed by atoms with Crippen molar-refractivity contribution in [1.82, 2.24) is 0 Å². The Bertz CT molecular complexity index is 144. The van der Waals surface area contributed by atoms with Crippen LogP contribution < -0.4 is 0 Å². The van der Waals surface area contributed by atoms with Crippen molar-refractivity contribution in [1.29, 1.82) is 0 Å². The second-order valence-electron chi connectivity index (χ2n) is 2.90. The number of carbonyl (C=O) groups is 1. The maximum Gasteiger partial charge on any atom is 0.165 e. The highest BCUT2D eigenvalue weighted by molar-refractivity contribution is 9.11. The minimum absolute atomic E-state index is 0.245. The molecule has 0 bridgehead atoms. The summed E-state index contributed by atoms with van der Waals surface area (Å²) >= 11 is 6.65. The van der Waals surface area contributed by atoms with E-state index < -0.39 is 0 Å². The minimum atomic E-state index is -0.259. The molecular formula is C6H8Br2O. The summed E-state index contributed by atoms with van der Waals surface area (Å²) < 4.78 is -0.517. The lowest BCUT2D eigenvalue weighted by atomic mass is 9.75. The SMILES string of the molecule is C[C@@]1(Br)C[C@@](C)(Br)C1=O. The van der Waals surface area contributed by atoms with Crippen molar-refractivity contribution in [2.24, 2.45) is 0 Å². The second-order valence-corrected chi connectivity index (χ2v) is 6.40. The van der Waals surface area contributed by atoms with Crippen molar-refractivity contribution in [2.45, 2.75) is 28.9 Å². The summed E-state index contributed by atoms with van der Waals surface area (Å²) in [6.07, 6.45) is 0.874. The topological polar surface area (TPSA) is 17.1 Å². The highest BCUT2D eigenvalue weighted by Gasteiger charge is 2.55. The minimum Gasteiger partial charge on any atom is -0.297 e. The van der Waals surface area contributed by atoms with E-state index in [1.807, 2.05) is 13.8 Å². The van der Waals surface area contributed by atoms with Crippen LogP contribution in [0.25, 0.3) is 0 Å². The maximum absolute atomic E-state index is 11.1. The van der Waals surface area contributed by atoms with Crippen LogP contribution in [0.15, 0.2) is 0 Å². The standard InChI is InChI=1S/C6H8Br2O/c1-5(7)3-6(2,8)4(5)9/h3H2,1-2H3/t5-,6-/m1/s1. The van der Waals surface area contributed by atoms with Crippen LogP contribution in [0.3, 0.4) is 0 Å². The molecule has 0 aliphatic heterocycles. The smallest absolute Gasteiger partial charge is 0.165 e. The van der Waals surface area contributed by atoms with Crippen molar-refractivity contribution in [3.8, 4) is 0 Å². The number of hydrogen-bond donors (Lipinski definition) is 0. The van der Waals surface area contributed by atoms with Gasteiger partial charge in [0.25, 0.3) is 0 Å². The Hall–Kier alpha value is 0.630. The zero-order valence-corrected chi connectivity index (χ0v) is 8.54. The third-order valence-electron chi connectivity index (χ3n) is 1.61. The molecule has 9 heavy (non-hydrogen) atoms. The summed E-state index contributed by atoms with van der Waals surface area (Å²) in [4.78, 5) is 11.1. The lowest BCUT2D eigenvalue weighted by molar-refractivity contribution is -0.128. The van der Waals surface area contributed by atoms with E-state index in [0.717, 1.165) is 6.42 Å². The molecule has 52 valence electrons. The third-order valence-corrected chi connectivity index (χ3v) is 2.89. The van der Waals surface area contributed by atoms with Crippen molar-refractivity contribution < 1.29 is 4.79 Å². The molecule has 0 saturated heterocycles. The maximum atomic E-state index is 11.1. The first-order chi connectivity index (χ1) is 3.86. The van der Waals surface area contributed by atoms with Gasteiger partial charge in [-0.3, -0.25) is 4.79 Å². The third kappa shape index (κ3) is 1.09. The predicted molar refractivity (Wildman–Crippen MR) is 44.3 cm³/mol. The first kappa shape index (κ1) is 7.73. The Kier molecular flexibility index (Phi) is 1.56. The van der Waals surface area contributed by atoms with Gasteiger partial charge in [-0.05, 0) is 20.3 Å². The molecule has 0 spiro atoms. The van der Waals surface area contributed by atoms with E-state index in [2.05, 4.69) is 31.9 Å². The van der Waals surface area contributed by atoms with Crippen molar-refractivity contribution >= 4 is 37.6 Å². The largest absolute Gasteiger partial charge is 0.297 e. The Labute approximate surface area is 71.5 Å². The molecule has 1 fully saturated rings. The van der Waals surface area contributed by atoms with Gasteiger partial charge in [0.2, 0.25) is 0 Å². The fraction of sp³-hybridized carbons (Fsp3) is 0.833. The molecule has 1 rings (SSSR count). The average Bonchev–Trinajstić information content (AvgIpc) is 1.63. The highest BCUT2D eigenvalue weighted by Crippen LogP contribution is 2.48. The van der Waals surface area contributed by atoms with Gasteiger partial charge in [0.1, 0.15) is 0 Å². The molecule has 0 heterocycles. The molecular weight excluding hydrogens is 248 g/mol. The van der Waals surface area contributed by atoms with E-state index in [0.29, 0.717) is 0 Å². The van der Waals surface area contributed by atoms with Gasteiger partial charge in [-0.15, -0.1) is 0 Å². The van der Waals surface area contributed by atoms with Crippen molar-refractivity contribution in [3.05, 3.63) is 0 Å². The van der Waals surface area contributed by atoms with Crippen LogP contribution in [0, 0.1) is 0 Å². The summed E-state index contributed by atoms with van der Waals surface area (Å²) in [5.74, 6) is 0.245. The summed E-state index contributed by atoms with van der Waals surface area (Å²) in [6.45, 7) is 3.80. The first-order valence-electron chi connectivity index (χ1n) is 2.79. The van der Waals surface area contributed by atoms with E-state index in [1.165, 1.54) is 0 Å². The van der Waals surface area contributed by atoms with Gasteiger partial charge in [0.15, 0.2) is 5.78 Å². The van der Waals surface area contributed by atoms with Gasteiger partial charge in [-0.1, -0.05) is 31.9 Å². The van der Waals surface area contributed by atoms with Gasteiger partial charge in [0, 0.05) is 0 Å². The number of carbonyl (C=O) groups excluding carboxylic acids is 1. The molecule has 0 aromatic carbocycles. The van der Waals surface area contributed by atoms with Gasteiger partial charge >= 0.3 is 0 Å². The van der Waals surface area contributed by atoms with E-state index >= 15 is 0 Å². The predicted octanol–water partition coefficient (Wildman–Crippen LogP) is 2.27. The summed E-state index contributed by atoms with van der Waals surface area (Å²) in [7, 11) is 0. The highest BCUT2D eigenvalue weighted by atomic mass is 79.9. The molecule has 1 aliphatic rings. The number of halogens is 2. The molecule has 1 saturated carbocycles. The van der Waals surface area contributed by atoms with Gasteiger partial charge in [-0.25, -0.2) is 0 Å². The first-order valence-corrected chi connectivity index (χ1v) is 4.38. The van der Waals surface area contributed by atoms with E-state index in [9.17, 15) is 4.79 Å². The molecule has 1 aliphatic carbocycles. The van der Waals surface area contributed by atoms with Crippen molar-refractivity contribution in [3.63, 3.8) is 0 Å². The lowest BCUT2D eigenvalue weighted by Crippen LogP contribution is -2.56. The number of rotatable bonds is 0. The lowest BCUT2D eigenvalue weighted by Gasteiger charge is -2.43. The van der Waals surface area contributed by atoms with Crippen LogP contribution in [0.4, 0.5) is 0 Å². The van der Waals surface area contributed by atoms with Gasteiger partial charge in [-0.2, -0.15) is 0 Å². The fourth-order valence-electron chi connectivity index (χ4n) is 1.22. The quantitative estimate of drug-likeness (QED) is 0.607. The molecule has 3 heteroatoms. The van der Waals surface area contributed by atoms with Crippen LogP contribution in [0.1, 0.15) is 20.3 Å². The molecule has 0 N–H and O–H groups in total. The van der Waals surface area contributed by atoms with Crippen LogP contribution in [0.5, 0.6) is 0 Å². The number of alkyl halides is 2. The second kappa shape index (κ2) is 1.82.